The Balaban J connectivity index is 1.44. The highest BCUT2D eigenvalue weighted by Gasteiger charge is 2.32. The zero-order valence-corrected chi connectivity index (χ0v) is 18.4. The van der Waals surface area contributed by atoms with E-state index in [0.717, 1.165) is 32.3 Å². The van der Waals surface area contributed by atoms with Gasteiger partial charge in [-0.15, -0.1) is 11.3 Å². The van der Waals surface area contributed by atoms with Gasteiger partial charge in [-0.3, -0.25) is 9.69 Å². The van der Waals surface area contributed by atoms with Crippen molar-refractivity contribution < 1.29 is 14.6 Å². The van der Waals surface area contributed by atoms with Gasteiger partial charge in [-0.1, -0.05) is 23.7 Å². The van der Waals surface area contributed by atoms with Crippen LogP contribution in [-0.4, -0.2) is 40.2 Å². The quantitative estimate of drug-likeness (QED) is 0.528. The molecule has 1 aromatic heterocycles. The fraction of sp³-hybridized carbons (Fsp3) is 0.304. The van der Waals surface area contributed by atoms with Crippen LogP contribution in [0.25, 0.3) is 21.0 Å². The Labute approximate surface area is 184 Å². The molecule has 7 heteroatoms. The number of hydrogen-bond acceptors (Lipinski definition) is 5. The van der Waals surface area contributed by atoms with Crippen LogP contribution in [0.3, 0.4) is 0 Å². The first kappa shape index (κ1) is 20.8. The number of halogens is 1. The van der Waals surface area contributed by atoms with E-state index in [0.29, 0.717) is 24.7 Å². The average Bonchev–Trinajstić information content (AvgIpc) is 3.15. The minimum absolute atomic E-state index is 0.151. The third-order valence-electron chi connectivity index (χ3n) is 5.02. The van der Waals surface area contributed by atoms with E-state index < -0.39 is 5.97 Å². The van der Waals surface area contributed by atoms with Gasteiger partial charge in [-0.2, -0.15) is 0 Å². The van der Waals surface area contributed by atoms with Gasteiger partial charge in [-0.25, -0.2) is 4.98 Å². The highest BCUT2D eigenvalue weighted by atomic mass is 35.5. The SMILES string of the molecule is CC(C)Oc1ccc(-c2cnc(-c3ccc(CN4CC(C(=O)O)C4)c(Cl)c3)s2)cc1. The molecule has 2 heterocycles. The second-order valence-electron chi connectivity index (χ2n) is 7.76. The highest BCUT2D eigenvalue weighted by molar-refractivity contribution is 7.18. The Bertz CT molecular complexity index is 1040. The van der Waals surface area contributed by atoms with Gasteiger partial charge in [0, 0.05) is 36.4 Å². The molecule has 0 aliphatic carbocycles. The van der Waals surface area contributed by atoms with Crippen molar-refractivity contribution in [1.29, 1.82) is 0 Å². The first-order valence-electron chi connectivity index (χ1n) is 9.86. The standard InChI is InChI=1S/C23H23ClN2O3S/c1-14(2)29-19-7-5-15(6-8-19)21-10-25-22(30-21)16-3-4-17(20(24)9-16)11-26-12-18(13-26)23(27)28/h3-10,14,18H,11-13H2,1-2H3,(H,27,28). The fourth-order valence-electron chi connectivity index (χ4n) is 3.42. The van der Waals surface area contributed by atoms with Crippen LogP contribution < -0.4 is 4.74 Å². The molecule has 0 saturated carbocycles. The predicted octanol–water partition coefficient (Wildman–Crippen LogP) is 5.43. The summed E-state index contributed by atoms with van der Waals surface area (Å²) in [5.41, 5.74) is 3.08. The van der Waals surface area contributed by atoms with Crippen molar-refractivity contribution in [3.8, 4) is 26.8 Å². The number of hydrogen-bond donors (Lipinski definition) is 1. The van der Waals surface area contributed by atoms with Gasteiger partial charge in [-0.05, 0) is 55.3 Å². The molecule has 1 saturated heterocycles. The fourth-order valence-corrected chi connectivity index (χ4v) is 4.57. The lowest BCUT2D eigenvalue weighted by Crippen LogP contribution is -2.49. The van der Waals surface area contributed by atoms with E-state index in [2.05, 4.69) is 9.88 Å². The van der Waals surface area contributed by atoms with Crippen LogP contribution >= 0.6 is 22.9 Å². The molecule has 0 spiro atoms. The van der Waals surface area contributed by atoms with E-state index in [1.807, 2.05) is 62.5 Å². The molecule has 3 aromatic rings. The molecule has 1 aliphatic heterocycles. The van der Waals surface area contributed by atoms with Crippen LogP contribution in [0, 0.1) is 5.92 Å². The first-order valence-corrected chi connectivity index (χ1v) is 11.1. The van der Waals surface area contributed by atoms with Crippen LogP contribution in [0.1, 0.15) is 19.4 Å². The van der Waals surface area contributed by atoms with Crippen LogP contribution in [0.4, 0.5) is 0 Å². The van der Waals surface area contributed by atoms with Gasteiger partial charge in [0.2, 0.25) is 0 Å². The molecule has 156 valence electrons. The summed E-state index contributed by atoms with van der Waals surface area (Å²) < 4.78 is 5.70. The predicted molar refractivity (Wildman–Crippen MR) is 120 cm³/mol. The zero-order chi connectivity index (χ0) is 21.3. The van der Waals surface area contributed by atoms with Crippen molar-refractivity contribution in [1.82, 2.24) is 9.88 Å². The summed E-state index contributed by atoms with van der Waals surface area (Å²) in [6, 6.07) is 14.0. The maximum Gasteiger partial charge on any atom is 0.309 e. The molecule has 0 unspecified atom stereocenters. The Morgan fingerprint density at radius 2 is 1.93 bits per heavy atom. The Morgan fingerprint density at radius 3 is 2.57 bits per heavy atom. The molecule has 1 N–H and O–H groups in total. The van der Waals surface area contributed by atoms with E-state index in [1.165, 1.54) is 0 Å². The summed E-state index contributed by atoms with van der Waals surface area (Å²) in [5.74, 6) is -0.130. The summed E-state index contributed by atoms with van der Waals surface area (Å²) in [6.07, 6.45) is 2.03. The molecule has 0 bridgehead atoms. The molecule has 0 radical (unpaired) electrons. The summed E-state index contributed by atoms with van der Waals surface area (Å²) in [4.78, 5) is 18.7. The molecule has 4 rings (SSSR count). The topological polar surface area (TPSA) is 62.7 Å². The summed E-state index contributed by atoms with van der Waals surface area (Å²) in [6.45, 7) is 5.83. The number of ether oxygens (including phenoxy) is 1. The van der Waals surface area contributed by atoms with Gasteiger partial charge in [0.1, 0.15) is 10.8 Å². The number of nitrogens with zero attached hydrogens (tertiary/aromatic N) is 2. The van der Waals surface area contributed by atoms with Gasteiger partial charge in [0.25, 0.3) is 0 Å². The third kappa shape index (κ3) is 4.67. The molecule has 5 nitrogen and oxygen atoms in total. The van der Waals surface area contributed by atoms with Crippen LogP contribution in [0.5, 0.6) is 5.75 Å². The second kappa shape index (κ2) is 8.76. The zero-order valence-electron chi connectivity index (χ0n) is 16.8. The normalized spacial score (nSPS) is 14.7. The minimum atomic E-state index is -0.727. The van der Waals surface area contributed by atoms with Crippen molar-refractivity contribution in [2.75, 3.05) is 13.1 Å². The number of rotatable bonds is 7. The first-order chi connectivity index (χ1) is 14.4. The molecule has 30 heavy (non-hydrogen) atoms. The summed E-state index contributed by atoms with van der Waals surface area (Å²) in [7, 11) is 0. The van der Waals surface area contributed by atoms with Crippen LogP contribution in [-0.2, 0) is 11.3 Å². The molecule has 0 amide bonds. The van der Waals surface area contributed by atoms with Gasteiger partial charge in [0.05, 0.1) is 16.9 Å². The molecule has 2 aromatic carbocycles. The lowest BCUT2D eigenvalue weighted by molar-refractivity contribution is -0.147. The molecular weight excluding hydrogens is 420 g/mol. The van der Waals surface area contributed by atoms with Crippen molar-refractivity contribution in [3.63, 3.8) is 0 Å². The molecule has 1 aliphatic rings. The minimum Gasteiger partial charge on any atom is -0.491 e. The van der Waals surface area contributed by atoms with Gasteiger partial charge >= 0.3 is 5.97 Å². The van der Waals surface area contributed by atoms with Gasteiger partial charge < -0.3 is 9.84 Å². The number of aromatic nitrogens is 1. The molecule has 0 atom stereocenters. The Kier molecular flexibility index (Phi) is 6.09. The van der Waals surface area contributed by atoms with E-state index in [4.69, 9.17) is 21.4 Å². The number of aliphatic carboxylic acids is 1. The number of likely N-dealkylation sites (tertiary alicyclic amines) is 1. The van der Waals surface area contributed by atoms with E-state index in [1.54, 1.807) is 11.3 Å². The van der Waals surface area contributed by atoms with E-state index >= 15 is 0 Å². The number of thiazole rings is 1. The third-order valence-corrected chi connectivity index (χ3v) is 6.46. The van der Waals surface area contributed by atoms with Crippen LogP contribution in [0.2, 0.25) is 5.02 Å². The maximum atomic E-state index is 10.9. The number of carbonyl (C=O) groups is 1. The van der Waals surface area contributed by atoms with Crippen molar-refractivity contribution in [2.45, 2.75) is 26.5 Å². The molecular formula is C23H23ClN2O3S. The van der Waals surface area contributed by atoms with E-state index in [9.17, 15) is 4.79 Å². The number of carboxylic acid groups (broad SMARTS) is 1. The van der Waals surface area contributed by atoms with E-state index in [-0.39, 0.29) is 12.0 Å². The Morgan fingerprint density at radius 1 is 1.23 bits per heavy atom. The van der Waals surface area contributed by atoms with Crippen LogP contribution in [0.15, 0.2) is 48.7 Å². The van der Waals surface area contributed by atoms with Gasteiger partial charge in [0.15, 0.2) is 0 Å². The smallest absolute Gasteiger partial charge is 0.309 e. The number of carboxylic acids is 1. The highest BCUT2D eigenvalue weighted by Crippen LogP contribution is 2.35. The lowest BCUT2D eigenvalue weighted by atomic mass is 9.99. The van der Waals surface area contributed by atoms with Crippen molar-refractivity contribution >= 4 is 28.9 Å². The second-order valence-corrected chi connectivity index (χ2v) is 9.19. The Hall–Kier alpha value is -2.41. The number of benzene rings is 2. The largest absolute Gasteiger partial charge is 0.491 e. The average molecular weight is 443 g/mol. The van der Waals surface area contributed by atoms with Crippen molar-refractivity contribution in [2.24, 2.45) is 5.92 Å². The van der Waals surface area contributed by atoms with Crippen molar-refractivity contribution in [3.05, 3.63) is 59.2 Å². The summed E-state index contributed by atoms with van der Waals surface area (Å²) >= 11 is 8.13. The maximum absolute atomic E-state index is 10.9. The molecule has 1 fully saturated rings. The monoisotopic (exact) mass is 442 g/mol. The summed E-state index contributed by atoms with van der Waals surface area (Å²) in [5, 5.41) is 10.6. The lowest BCUT2D eigenvalue weighted by Gasteiger charge is -2.36.